The van der Waals surface area contributed by atoms with Gasteiger partial charge in [0.15, 0.2) is 0 Å². The molecule has 2 nitrogen and oxygen atoms in total. The van der Waals surface area contributed by atoms with Crippen molar-refractivity contribution in [2.45, 2.75) is 52.1 Å². The third-order valence-electron chi connectivity index (χ3n) is 5.43. The molecule has 2 N–H and O–H groups in total. The number of hydrogen-bond acceptors (Lipinski definition) is 2. The summed E-state index contributed by atoms with van der Waals surface area (Å²) in [6.45, 7) is 8.69. The number of hydrogen-bond donors (Lipinski definition) is 1. The molecule has 1 fully saturated rings. The van der Waals surface area contributed by atoms with E-state index in [-0.39, 0.29) is 5.54 Å². The zero-order valence-electron chi connectivity index (χ0n) is 13.5. The van der Waals surface area contributed by atoms with Gasteiger partial charge in [-0.3, -0.25) is 4.90 Å². The zero-order chi connectivity index (χ0) is 14.8. The number of likely N-dealkylation sites (N-methyl/N-ethyl adjacent to an activating group) is 1. The smallest absolute Gasteiger partial charge is 0.0334 e. The van der Waals surface area contributed by atoms with E-state index in [0.717, 1.165) is 24.9 Å². The Balaban J connectivity index is 2.11. The molecule has 1 aromatic rings. The molecule has 1 aliphatic carbocycles. The second kappa shape index (κ2) is 6.28. The molecule has 0 aromatic heterocycles. The van der Waals surface area contributed by atoms with Gasteiger partial charge in [0.25, 0.3) is 0 Å². The highest BCUT2D eigenvalue weighted by atomic mass is 15.2. The van der Waals surface area contributed by atoms with Crippen LogP contribution in [0.1, 0.15) is 44.2 Å². The van der Waals surface area contributed by atoms with E-state index in [9.17, 15) is 0 Å². The first kappa shape index (κ1) is 15.5. The maximum atomic E-state index is 6.19. The van der Waals surface area contributed by atoms with Gasteiger partial charge in [-0.15, -0.1) is 0 Å². The number of nitrogens with zero attached hydrogens (tertiary/aromatic N) is 1. The van der Waals surface area contributed by atoms with Crippen molar-refractivity contribution >= 4 is 0 Å². The van der Waals surface area contributed by atoms with Crippen molar-refractivity contribution in [2.24, 2.45) is 17.6 Å². The van der Waals surface area contributed by atoms with Gasteiger partial charge < -0.3 is 5.73 Å². The molecular formula is C18H30N2. The van der Waals surface area contributed by atoms with Gasteiger partial charge in [-0.05, 0) is 50.6 Å². The molecule has 112 valence electrons. The predicted octanol–water partition coefficient (Wildman–Crippen LogP) is 3.58. The number of benzene rings is 1. The first-order valence-corrected chi connectivity index (χ1v) is 7.94. The van der Waals surface area contributed by atoms with Gasteiger partial charge in [0.1, 0.15) is 0 Å². The molecule has 3 atom stereocenters. The lowest BCUT2D eigenvalue weighted by Crippen LogP contribution is -2.55. The molecule has 0 amide bonds. The third-order valence-corrected chi connectivity index (χ3v) is 5.43. The quantitative estimate of drug-likeness (QED) is 0.909. The maximum absolute atomic E-state index is 6.19. The largest absolute Gasteiger partial charge is 0.329 e. The van der Waals surface area contributed by atoms with E-state index in [1.54, 1.807) is 0 Å². The summed E-state index contributed by atoms with van der Waals surface area (Å²) < 4.78 is 0. The molecule has 1 saturated carbocycles. The topological polar surface area (TPSA) is 29.3 Å². The van der Waals surface area contributed by atoms with Crippen molar-refractivity contribution in [1.82, 2.24) is 4.90 Å². The van der Waals surface area contributed by atoms with Crippen molar-refractivity contribution in [3.05, 3.63) is 35.4 Å². The summed E-state index contributed by atoms with van der Waals surface area (Å²) in [5, 5.41) is 0. The summed E-state index contributed by atoms with van der Waals surface area (Å²) in [6, 6.07) is 8.82. The van der Waals surface area contributed by atoms with E-state index in [1.807, 2.05) is 0 Å². The molecular weight excluding hydrogens is 244 g/mol. The van der Waals surface area contributed by atoms with E-state index in [0.29, 0.717) is 0 Å². The van der Waals surface area contributed by atoms with Crippen LogP contribution in [-0.4, -0.2) is 24.0 Å². The first-order valence-electron chi connectivity index (χ1n) is 7.94. The van der Waals surface area contributed by atoms with E-state index in [1.165, 1.54) is 30.4 Å². The molecule has 0 radical (unpaired) electrons. The van der Waals surface area contributed by atoms with E-state index in [2.05, 4.69) is 57.0 Å². The monoisotopic (exact) mass is 274 g/mol. The summed E-state index contributed by atoms with van der Waals surface area (Å²) in [5.74, 6) is 1.61. The lowest BCUT2D eigenvalue weighted by atomic mass is 9.70. The fraction of sp³-hybridized carbons (Fsp3) is 0.667. The Bertz CT molecular complexity index is 443. The molecule has 0 aliphatic heterocycles. The Morgan fingerprint density at radius 3 is 2.65 bits per heavy atom. The van der Waals surface area contributed by atoms with Gasteiger partial charge in [-0.25, -0.2) is 0 Å². The highest BCUT2D eigenvalue weighted by Crippen LogP contribution is 2.39. The van der Waals surface area contributed by atoms with E-state index >= 15 is 0 Å². The standard InChI is InChI=1S/C18H30N2/c1-14-6-5-7-17(10-14)12-20(4)18(13-19)9-8-15(2)16(3)11-18/h5-7,10,15-16H,8-9,11-13,19H2,1-4H3. The Morgan fingerprint density at radius 2 is 2.05 bits per heavy atom. The summed E-state index contributed by atoms with van der Waals surface area (Å²) in [5.41, 5.74) is 9.11. The summed E-state index contributed by atoms with van der Waals surface area (Å²) >= 11 is 0. The number of rotatable bonds is 4. The second-order valence-corrected chi connectivity index (χ2v) is 6.97. The SMILES string of the molecule is Cc1cccc(CN(C)C2(CN)CCC(C)C(C)C2)c1. The van der Waals surface area contributed by atoms with Crippen LogP contribution in [-0.2, 0) is 6.54 Å². The molecule has 0 bridgehead atoms. The van der Waals surface area contributed by atoms with Crippen LogP contribution in [0.3, 0.4) is 0 Å². The number of nitrogens with two attached hydrogens (primary N) is 1. The van der Waals surface area contributed by atoms with Gasteiger partial charge in [-0.2, -0.15) is 0 Å². The van der Waals surface area contributed by atoms with Gasteiger partial charge in [0, 0.05) is 18.6 Å². The minimum atomic E-state index is 0.190. The van der Waals surface area contributed by atoms with Crippen LogP contribution in [0.2, 0.25) is 0 Å². The molecule has 2 heteroatoms. The number of aryl methyl sites for hydroxylation is 1. The molecule has 2 rings (SSSR count). The maximum Gasteiger partial charge on any atom is 0.0334 e. The summed E-state index contributed by atoms with van der Waals surface area (Å²) in [7, 11) is 2.25. The molecule has 0 saturated heterocycles. The Morgan fingerprint density at radius 1 is 1.30 bits per heavy atom. The Hall–Kier alpha value is -0.860. The highest BCUT2D eigenvalue weighted by Gasteiger charge is 2.39. The molecule has 20 heavy (non-hydrogen) atoms. The lowest BCUT2D eigenvalue weighted by Gasteiger charge is -2.48. The fourth-order valence-corrected chi connectivity index (χ4v) is 3.62. The minimum Gasteiger partial charge on any atom is -0.329 e. The van der Waals surface area contributed by atoms with Crippen LogP contribution in [0.25, 0.3) is 0 Å². The molecule has 1 aromatic carbocycles. The molecule has 0 spiro atoms. The fourth-order valence-electron chi connectivity index (χ4n) is 3.62. The molecule has 1 aliphatic rings. The molecule has 0 heterocycles. The van der Waals surface area contributed by atoms with Crippen LogP contribution in [0.15, 0.2) is 24.3 Å². The Labute approximate surface area is 124 Å². The van der Waals surface area contributed by atoms with Crippen molar-refractivity contribution in [3.63, 3.8) is 0 Å². The van der Waals surface area contributed by atoms with Crippen molar-refractivity contribution in [1.29, 1.82) is 0 Å². The average Bonchev–Trinajstić information content (AvgIpc) is 2.42. The van der Waals surface area contributed by atoms with Crippen molar-refractivity contribution in [2.75, 3.05) is 13.6 Å². The Kier molecular flexibility index (Phi) is 4.87. The van der Waals surface area contributed by atoms with E-state index in [4.69, 9.17) is 5.73 Å². The second-order valence-electron chi connectivity index (χ2n) is 6.97. The van der Waals surface area contributed by atoms with E-state index < -0.39 is 0 Å². The van der Waals surface area contributed by atoms with Crippen LogP contribution in [0.5, 0.6) is 0 Å². The van der Waals surface area contributed by atoms with Crippen LogP contribution >= 0.6 is 0 Å². The van der Waals surface area contributed by atoms with Crippen LogP contribution in [0, 0.1) is 18.8 Å². The van der Waals surface area contributed by atoms with Crippen LogP contribution in [0.4, 0.5) is 0 Å². The van der Waals surface area contributed by atoms with Crippen molar-refractivity contribution in [3.8, 4) is 0 Å². The average molecular weight is 274 g/mol. The van der Waals surface area contributed by atoms with Gasteiger partial charge in [0.05, 0.1) is 0 Å². The normalized spacial score (nSPS) is 30.7. The van der Waals surface area contributed by atoms with Gasteiger partial charge in [0.2, 0.25) is 0 Å². The summed E-state index contributed by atoms with van der Waals surface area (Å²) in [4.78, 5) is 2.50. The van der Waals surface area contributed by atoms with Crippen LogP contribution < -0.4 is 5.73 Å². The van der Waals surface area contributed by atoms with Gasteiger partial charge in [-0.1, -0.05) is 43.7 Å². The van der Waals surface area contributed by atoms with Crippen molar-refractivity contribution < 1.29 is 0 Å². The zero-order valence-corrected chi connectivity index (χ0v) is 13.5. The first-order chi connectivity index (χ1) is 9.47. The highest BCUT2D eigenvalue weighted by molar-refractivity contribution is 5.22. The minimum absolute atomic E-state index is 0.190. The lowest BCUT2D eigenvalue weighted by molar-refractivity contribution is 0.0349. The third kappa shape index (κ3) is 3.24. The predicted molar refractivity (Wildman–Crippen MR) is 86.6 cm³/mol. The summed E-state index contributed by atoms with van der Waals surface area (Å²) in [6.07, 6.45) is 3.76. The molecule has 3 unspecified atom stereocenters. The van der Waals surface area contributed by atoms with Gasteiger partial charge >= 0.3 is 0 Å².